The van der Waals surface area contributed by atoms with Crippen LogP contribution in [0.5, 0.6) is 0 Å². The average Bonchev–Trinajstić information content (AvgIpc) is 2.89. The van der Waals surface area contributed by atoms with Crippen molar-refractivity contribution < 1.29 is 4.74 Å². The fourth-order valence-corrected chi connectivity index (χ4v) is 3.98. The van der Waals surface area contributed by atoms with Gasteiger partial charge in [-0.05, 0) is 56.7 Å². The van der Waals surface area contributed by atoms with Crippen molar-refractivity contribution in [3.63, 3.8) is 0 Å². The maximum atomic E-state index is 6.40. The Labute approximate surface area is 129 Å². The van der Waals surface area contributed by atoms with E-state index < -0.39 is 0 Å². The Morgan fingerprint density at radius 3 is 2.76 bits per heavy atom. The summed E-state index contributed by atoms with van der Waals surface area (Å²) in [4.78, 5) is 0. The molecule has 1 aromatic carbocycles. The molecule has 1 aliphatic heterocycles. The van der Waals surface area contributed by atoms with Crippen molar-refractivity contribution >= 4 is 0 Å². The first-order valence-electron chi connectivity index (χ1n) is 8.70. The van der Waals surface area contributed by atoms with Gasteiger partial charge in [0.25, 0.3) is 0 Å². The molecule has 1 N–H and O–H groups in total. The molecule has 1 atom stereocenters. The Balaban J connectivity index is 1.38. The third-order valence-corrected chi connectivity index (χ3v) is 5.31. The highest BCUT2D eigenvalue weighted by atomic mass is 16.5. The molecule has 116 valence electrons. The molecule has 1 aromatic rings. The van der Waals surface area contributed by atoms with Crippen molar-refractivity contribution in [3.8, 4) is 0 Å². The highest BCUT2D eigenvalue weighted by molar-refractivity contribution is 5.25. The standard InChI is InChI=1S/C19H29NO/c1-16-7-3-4-8-17(16)10-14-20-15-18-9-13-19(21-18)11-5-2-6-12-19/h3-4,7-8,18,20H,2,5-6,9-15H2,1H3. The number of hydrogen-bond acceptors (Lipinski definition) is 2. The summed E-state index contributed by atoms with van der Waals surface area (Å²) in [6, 6.07) is 8.68. The minimum atomic E-state index is 0.264. The summed E-state index contributed by atoms with van der Waals surface area (Å²) >= 11 is 0. The molecule has 0 amide bonds. The molecule has 1 spiro atoms. The lowest BCUT2D eigenvalue weighted by atomic mass is 9.83. The topological polar surface area (TPSA) is 21.3 Å². The molecule has 1 aliphatic carbocycles. The van der Waals surface area contributed by atoms with Crippen molar-refractivity contribution in [1.82, 2.24) is 5.32 Å². The van der Waals surface area contributed by atoms with Gasteiger partial charge < -0.3 is 10.1 Å². The van der Waals surface area contributed by atoms with Gasteiger partial charge in [-0.3, -0.25) is 0 Å². The van der Waals surface area contributed by atoms with Crippen molar-refractivity contribution in [1.29, 1.82) is 0 Å². The number of aryl methyl sites for hydroxylation is 1. The zero-order valence-electron chi connectivity index (χ0n) is 13.4. The largest absolute Gasteiger partial charge is 0.370 e. The Morgan fingerprint density at radius 1 is 1.14 bits per heavy atom. The predicted molar refractivity (Wildman–Crippen MR) is 87.7 cm³/mol. The Hall–Kier alpha value is -0.860. The van der Waals surface area contributed by atoms with E-state index in [-0.39, 0.29) is 5.60 Å². The Morgan fingerprint density at radius 2 is 1.95 bits per heavy atom. The lowest BCUT2D eigenvalue weighted by Gasteiger charge is -2.33. The molecule has 2 nitrogen and oxygen atoms in total. The zero-order valence-corrected chi connectivity index (χ0v) is 13.4. The maximum absolute atomic E-state index is 6.40. The van der Waals surface area contributed by atoms with Gasteiger partial charge in [-0.2, -0.15) is 0 Å². The van der Waals surface area contributed by atoms with Crippen LogP contribution in [0.25, 0.3) is 0 Å². The van der Waals surface area contributed by atoms with Crippen LogP contribution < -0.4 is 5.32 Å². The molecule has 1 unspecified atom stereocenters. The average molecular weight is 287 g/mol. The third kappa shape index (κ3) is 3.87. The molecule has 2 aliphatic rings. The summed E-state index contributed by atoms with van der Waals surface area (Å²) in [6.45, 7) is 4.27. The molecule has 2 heteroatoms. The van der Waals surface area contributed by atoms with Gasteiger partial charge in [0, 0.05) is 6.54 Å². The van der Waals surface area contributed by atoms with E-state index in [1.165, 1.54) is 56.1 Å². The summed E-state index contributed by atoms with van der Waals surface area (Å²) < 4.78 is 6.40. The van der Waals surface area contributed by atoms with E-state index >= 15 is 0 Å². The van der Waals surface area contributed by atoms with E-state index in [2.05, 4.69) is 36.5 Å². The molecule has 0 radical (unpaired) electrons. The fourth-order valence-electron chi connectivity index (χ4n) is 3.98. The predicted octanol–water partition coefficient (Wildman–Crippen LogP) is 4.01. The van der Waals surface area contributed by atoms with Crippen LogP contribution in [0, 0.1) is 6.92 Å². The third-order valence-electron chi connectivity index (χ3n) is 5.31. The highest BCUT2D eigenvalue weighted by Crippen LogP contribution is 2.41. The number of hydrogen-bond donors (Lipinski definition) is 1. The monoisotopic (exact) mass is 287 g/mol. The van der Waals surface area contributed by atoms with Crippen LogP contribution in [0.1, 0.15) is 56.1 Å². The smallest absolute Gasteiger partial charge is 0.0708 e. The number of nitrogens with one attached hydrogen (secondary N) is 1. The first kappa shape index (κ1) is 15.1. The maximum Gasteiger partial charge on any atom is 0.0708 e. The van der Waals surface area contributed by atoms with Crippen molar-refractivity contribution in [2.45, 2.75) is 70.0 Å². The first-order valence-corrected chi connectivity index (χ1v) is 8.70. The molecule has 1 saturated carbocycles. The summed E-state index contributed by atoms with van der Waals surface area (Å²) in [5, 5.41) is 3.60. The van der Waals surface area contributed by atoms with Crippen molar-refractivity contribution in [3.05, 3.63) is 35.4 Å². The first-order chi connectivity index (χ1) is 10.3. The molecular weight excluding hydrogens is 258 g/mol. The SMILES string of the molecule is Cc1ccccc1CCNCC1CCC2(CCCCC2)O1. The summed E-state index contributed by atoms with van der Waals surface area (Å²) in [7, 11) is 0. The Kier molecular flexibility index (Phi) is 4.97. The van der Waals surface area contributed by atoms with Crippen LogP contribution >= 0.6 is 0 Å². The molecule has 21 heavy (non-hydrogen) atoms. The van der Waals surface area contributed by atoms with E-state index in [1.54, 1.807) is 0 Å². The number of ether oxygens (including phenoxy) is 1. The minimum absolute atomic E-state index is 0.264. The van der Waals surface area contributed by atoms with Crippen LogP contribution in [0.3, 0.4) is 0 Å². The van der Waals surface area contributed by atoms with E-state index in [9.17, 15) is 0 Å². The van der Waals surface area contributed by atoms with Crippen LogP contribution in [-0.4, -0.2) is 24.8 Å². The molecule has 0 aromatic heterocycles. The van der Waals surface area contributed by atoms with Gasteiger partial charge in [0.05, 0.1) is 11.7 Å². The van der Waals surface area contributed by atoms with E-state index in [0.29, 0.717) is 6.10 Å². The molecular formula is C19H29NO. The zero-order chi connectivity index (χ0) is 14.5. The number of benzene rings is 1. The van der Waals surface area contributed by atoms with Gasteiger partial charge >= 0.3 is 0 Å². The molecule has 1 saturated heterocycles. The normalized spacial score (nSPS) is 24.5. The van der Waals surface area contributed by atoms with Crippen LogP contribution in [0.2, 0.25) is 0 Å². The van der Waals surface area contributed by atoms with Crippen molar-refractivity contribution in [2.75, 3.05) is 13.1 Å². The summed E-state index contributed by atoms with van der Waals surface area (Å²) in [5.41, 5.74) is 3.12. The number of rotatable bonds is 5. The lowest BCUT2D eigenvalue weighted by molar-refractivity contribution is -0.0622. The van der Waals surface area contributed by atoms with Gasteiger partial charge in [0.2, 0.25) is 0 Å². The summed E-state index contributed by atoms with van der Waals surface area (Å²) in [6.07, 6.45) is 10.8. The summed E-state index contributed by atoms with van der Waals surface area (Å²) in [5.74, 6) is 0. The second-order valence-electron chi connectivity index (χ2n) is 6.90. The second kappa shape index (κ2) is 6.93. The van der Waals surface area contributed by atoms with Gasteiger partial charge in [0.15, 0.2) is 0 Å². The second-order valence-corrected chi connectivity index (χ2v) is 6.90. The van der Waals surface area contributed by atoms with E-state index in [0.717, 1.165) is 19.5 Å². The van der Waals surface area contributed by atoms with E-state index in [4.69, 9.17) is 4.74 Å². The lowest BCUT2D eigenvalue weighted by Crippen LogP contribution is -2.35. The van der Waals surface area contributed by atoms with Gasteiger partial charge in [-0.15, -0.1) is 0 Å². The van der Waals surface area contributed by atoms with Crippen molar-refractivity contribution in [2.24, 2.45) is 0 Å². The van der Waals surface area contributed by atoms with Crippen LogP contribution in [0.4, 0.5) is 0 Å². The molecule has 0 bridgehead atoms. The van der Waals surface area contributed by atoms with Gasteiger partial charge in [0.1, 0.15) is 0 Å². The van der Waals surface area contributed by atoms with Gasteiger partial charge in [-0.25, -0.2) is 0 Å². The highest BCUT2D eigenvalue weighted by Gasteiger charge is 2.40. The molecule has 1 heterocycles. The quantitative estimate of drug-likeness (QED) is 0.826. The van der Waals surface area contributed by atoms with Crippen LogP contribution in [0.15, 0.2) is 24.3 Å². The van der Waals surface area contributed by atoms with E-state index in [1.807, 2.05) is 0 Å². The fraction of sp³-hybridized carbons (Fsp3) is 0.684. The van der Waals surface area contributed by atoms with Crippen LogP contribution in [-0.2, 0) is 11.2 Å². The van der Waals surface area contributed by atoms with Gasteiger partial charge in [-0.1, -0.05) is 43.5 Å². The minimum Gasteiger partial charge on any atom is -0.370 e. The molecule has 3 rings (SSSR count). The molecule has 2 fully saturated rings. The Bertz CT molecular complexity index is 451.